The van der Waals surface area contributed by atoms with Crippen LogP contribution in [0.4, 0.5) is 5.95 Å². The second kappa shape index (κ2) is 8.13. The summed E-state index contributed by atoms with van der Waals surface area (Å²) in [5.74, 6) is 1.18. The van der Waals surface area contributed by atoms with E-state index in [4.69, 9.17) is 17.3 Å². The molecule has 25 heavy (non-hydrogen) atoms. The third-order valence-corrected chi connectivity index (χ3v) is 4.37. The minimum absolute atomic E-state index is 0.218. The Labute approximate surface area is 151 Å². The zero-order valence-corrected chi connectivity index (χ0v) is 14.5. The fourth-order valence-electron chi connectivity index (χ4n) is 2.66. The van der Waals surface area contributed by atoms with Gasteiger partial charge in [-0.1, -0.05) is 23.7 Å². The summed E-state index contributed by atoms with van der Waals surface area (Å²) in [7, 11) is 0. The van der Waals surface area contributed by atoms with Gasteiger partial charge in [-0.05, 0) is 23.8 Å². The van der Waals surface area contributed by atoms with Crippen LogP contribution in [0.2, 0.25) is 5.02 Å². The number of aromatic nitrogens is 2. The fraction of sp³-hybridized carbons (Fsp3) is 0.353. The van der Waals surface area contributed by atoms with E-state index in [1.807, 2.05) is 4.90 Å². The largest absolute Gasteiger partial charge is 0.386 e. The Kier molecular flexibility index (Phi) is 5.67. The maximum atomic E-state index is 10.2. The van der Waals surface area contributed by atoms with Gasteiger partial charge in [-0.15, -0.1) is 0 Å². The van der Waals surface area contributed by atoms with Gasteiger partial charge in [-0.25, -0.2) is 9.97 Å². The van der Waals surface area contributed by atoms with Crippen LogP contribution in [-0.4, -0.2) is 58.7 Å². The summed E-state index contributed by atoms with van der Waals surface area (Å²) in [5, 5.41) is 10.8. The Balaban J connectivity index is 1.52. The highest BCUT2D eigenvalue weighted by atomic mass is 35.5. The minimum Gasteiger partial charge on any atom is -0.386 e. The topological polar surface area (TPSA) is 90.9 Å². The highest BCUT2D eigenvalue weighted by Gasteiger charge is 2.20. The van der Waals surface area contributed by atoms with Crippen LogP contribution in [0.15, 0.2) is 47.7 Å². The van der Waals surface area contributed by atoms with Crippen molar-refractivity contribution in [3.8, 4) is 0 Å². The number of anilines is 1. The van der Waals surface area contributed by atoms with Gasteiger partial charge in [0.2, 0.25) is 5.95 Å². The molecule has 0 spiro atoms. The van der Waals surface area contributed by atoms with Crippen LogP contribution < -0.4 is 10.6 Å². The molecule has 0 amide bonds. The van der Waals surface area contributed by atoms with Crippen molar-refractivity contribution in [1.82, 2.24) is 14.9 Å². The Morgan fingerprint density at radius 1 is 1.16 bits per heavy atom. The molecule has 1 aliphatic rings. The molecule has 1 aromatic carbocycles. The summed E-state index contributed by atoms with van der Waals surface area (Å²) >= 11 is 5.85. The van der Waals surface area contributed by atoms with E-state index in [0.29, 0.717) is 11.0 Å². The van der Waals surface area contributed by atoms with Crippen molar-refractivity contribution < 1.29 is 5.11 Å². The molecule has 3 N–H and O–H groups in total. The highest BCUT2D eigenvalue weighted by molar-refractivity contribution is 6.30. The van der Waals surface area contributed by atoms with Gasteiger partial charge in [0.05, 0.1) is 12.6 Å². The third kappa shape index (κ3) is 4.58. The fourth-order valence-corrected chi connectivity index (χ4v) is 2.79. The standard InChI is InChI=1S/C17H21ClN6O/c18-14-4-2-13(3-5-14)15(25)12-22-16(19)23-8-10-24(11-9-23)17-20-6-1-7-21-17/h1-7,15,25H,8-12H2,(H2,19,22)/t15-/m0/s1. The molecule has 0 saturated carbocycles. The Morgan fingerprint density at radius 3 is 2.44 bits per heavy atom. The summed E-state index contributed by atoms with van der Waals surface area (Å²) in [6.45, 7) is 3.25. The van der Waals surface area contributed by atoms with E-state index in [0.717, 1.165) is 37.7 Å². The number of benzene rings is 1. The molecule has 2 aromatic rings. The number of guanidine groups is 1. The van der Waals surface area contributed by atoms with Crippen molar-refractivity contribution in [2.75, 3.05) is 37.6 Å². The Bertz CT molecular complexity index is 701. The number of aliphatic hydroxyl groups excluding tert-OH is 1. The molecule has 2 heterocycles. The number of nitrogens with zero attached hydrogens (tertiary/aromatic N) is 5. The van der Waals surface area contributed by atoms with Gasteiger partial charge in [0.1, 0.15) is 0 Å². The summed E-state index contributed by atoms with van der Waals surface area (Å²) in [6, 6.07) is 8.88. The maximum Gasteiger partial charge on any atom is 0.225 e. The first-order chi connectivity index (χ1) is 12.1. The van der Waals surface area contributed by atoms with Crippen LogP contribution in [0, 0.1) is 0 Å². The summed E-state index contributed by atoms with van der Waals surface area (Å²) < 4.78 is 0. The molecule has 0 unspecified atom stereocenters. The number of rotatable bonds is 4. The van der Waals surface area contributed by atoms with E-state index >= 15 is 0 Å². The summed E-state index contributed by atoms with van der Waals surface area (Å²) in [5.41, 5.74) is 6.85. The molecule has 132 valence electrons. The number of aliphatic imine (C=N–C) groups is 1. The molecule has 1 aliphatic heterocycles. The average molecular weight is 361 g/mol. The van der Waals surface area contributed by atoms with Crippen LogP contribution >= 0.6 is 11.6 Å². The van der Waals surface area contributed by atoms with Gasteiger partial charge in [-0.3, -0.25) is 4.99 Å². The smallest absolute Gasteiger partial charge is 0.225 e. The van der Waals surface area contributed by atoms with Crippen LogP contribution in [0.5, 0.6) is 0 Å². The number of halogens is 1. The monoisotopic (exact) mass is 360 g/mol. The number of hydrogen-bond donors (Lipinski definition) is 2. The molecule has 1 saturated heterocycles. The lowest BCUT2D eigenvalue weighted by atomic mass is 10.1. The lowest BCUT2D eigenvalue weighted by Crippen LogP contribution is -2.51. The van der Waals surface area contributed by atoms with Crippen molar-refractivity contribution >= 4 is 23.5 Å². The van der Waals surface area contributed by atoms with E-state index in [2.05, 4.69) is 19.9 Å². The van der Waals surface area contributed by atoms with Gasteiger partial charge in [0.25, 0.3) is 0 Å². The average Bonchev–Trinajstić information content (AvgIpc) is 2.67. The van der Waals surface area contributed by atoms with Crippen molar-refractivity contribution in [3.05, 3.63) is 53.3 Å². The van der Waals surface area contributed by atoms with Gasteiger partial charge < -0.3 is 20.6 Å². The van der Waals surface area contributed by atoms with Gasteiger partial charge >= 0.3 is 0 Å². The van der Waals surface area contributed by atoms with Crippen LogP contribution in [0.3, 0.4) is 0 Å². The molecule has 0 radical (unpaired) electrons. The molecule has 0 aliphatic carbocycles. The van der Waals surface area contributed by atoms with Crippen molar-refractivity contribution in [2.24, 2.45) is 10.7 Å². The SMILES string of the molecule is NC(=NC[C@H](O)c1ccc(Cl)cc1)N1CCN(c2ncccn2)CC1. The molecule has 0 bridgehead atoms. The third-order valence-electron chi connectivity index (χ3n) is 4.12. The van der Waals surface area contributed by atoms with Crippen LogP contribution in [0.1, 0.15) is 11.7 Å². The normalized spacial score (nSPS) is 16.8. The molecule has 1 aromatic heterocycles. The van der Waals surface area contributed by atoms with E-state index in [9.17, 15) is 5.11 Å². The lowest BCUT2D eigenvalue weighted by molar-refractivity contribution is 0.186. The first-order valence-corrected chi connectivity index (χ1v) is 8.51. The predicted octanol–water partition coefficient (Wildman–Crippen LogP) is 1.30. The zero-order valence-electron chi connectivity index (χ0n) is 13.8. The van der Waals surface area contributed by atoms with Crippen molar-refractivity contribution in [1.29, 1.82) is 0 Å². The van der Waals surface area contributed by atoms with E-state index in [1.54, 1.807) is 42.7 Å². The molecular weight excluding hydrogens is 340 g/mol. The second-order valence-electron chi connectivity index (χ2n) is 5.79. The molecular formula is C17H21ClN6O. The first kappa shape index (κ1) is 17.4. The molecule has 8 heteroatoms. The van der Waals surface area contributed by atoms with E-state index in [1.165, 1.54) is 0 Å². The molecule has 1 atom stereocenters. The molecule has 3 rings (SSSR count). The lowest BCUT2D eigenvalue weighted by Gasteiger charge is -2.35. The summed E-state index contributed by atoms with van der Waals surface area (Å²) in [4.78, 5) is 17.0. The number of hydrogen-bond acceptors (Lipinski definition) is 5. The first-order valence-electron chi connectivity index (χ1n) is 8.14. The number of aliphatic hydroxyl groups is 1. The number of piperazine rings is 1. The maximum absolute atomic E-state index is 10.2. The quantitative estimate of drug-likeness (QED) is 0.631. The minimum atomic E-state index is -0.699. The second-order valence-corrected chi connectivity index (χ2v) is 6.23. The number of nitrogens with two attached hydrogens (primary N) is 1. The van der Waals surface area contributed by atoms with Gasteiger partial charge in [0, 0.05) is 43.6 Å². The van der Waals surface area contributed by atoms with Crippen molar-refractivity contribution in [3.63, 3.8) is 0 Å². The molecule has 7 nitrogen and oxygen atoms in total. The summed E-state index contributed by atoms with van der Waals surface area (Å²) in [6.07, 6.45) is 2.78. The highest BCUT2D eigenvalue weighted by Crippen LogP contribution is 2.17. The van der Waals surface area contributed by atoms with Gasteiger partial charge in [-0.2, -0.15) is 0 Å². The predicted molar refractivity (Wildman–Crippen MR) is 98.7 cm³/mol. The van der Waals surface area contributed by atoms with Crippen molar-refractivity contribution in [2.45, 2.75) is 6.10 Å². The Morgan fingerprint density at radius 2 is 1.80 bits per heavy atom. The zero-order chi connectivity index (χ0) is 17.6. The van der Waals surface area contributed by atoms with E-state index < -0.39 is 6.10 Å². The van der Waals surface area contributed by atoms with Crippen LogP contribution in [-0.2, 0) is 0 Å². The Hall–Kier alpha value is -2.38. The van der Waals surface area contributed by atoms with Crippen LogP contribution in [0.25, 0.3) is 0 Å². The van der Waals surface area contributed by atoms with E-state index in [-0.39, 0.29) is 6.54 Å². The van der Waals surface area contributed by atoms with Gasteiger partial charge in [0.15, 0.2) is 5.96 Å². The molecule has 1 fully saturated rings.